The van der Waals surface area contributed by atoms with Gasteiger partial charge in [-0.15, -0.1) is 0 Å². The molecule has 7 aliphatic rings. The molecule has 0 heterocycles. The maximum absolute atomic E-state index is 2.76. The molecule has 0 amide bonds. The third kappa shape index (κ3) is 2.62. The molecule has 0 N–H and O–H groups in total. The molecule has 0 spiro atoms. The Morgan fingerprint density at radius 1 is 0.725 bits per heavy atom. The van der Waals surface area contributed by atoms with Gasteiger partial charge in [-0.1, -0.05) is 0 Å². The third-order valence-corrected chi connectivity index (χ3v) is 17.5. The van der Waals surface area contributed by atoms with Gasteiger partial charge in [0, 0.05) is 0 Å². The van der Waals surface area contributed by atoms with Crippen LogP contribution >= 0.6 is 0 Å². The molecule has 0 aromatic carbocycles. The normalized spacial score (nSPS) is 52.6. The van der Waals surface area contributed by atoms with Crippen molar-refractivity contribution in [3.63, 3.8) is 0 Å². The Morgan fingerprint density at radius 2 is 1.25 bits per heavy atom. The monoisotopic (exact) mass is 649 g/mol. The van der Waals surface area contributed by atoms with Gasteiger partial charge in [0.2, 0.25) is 0 Å². The van der Waals surface area contributed by atoms with Gasteiger partial charge < -0.3 is 24.8 Å². The quantitative estimate of drug-likeness (QED) is 0.405. The fraction of sp³-hybridized carbons (Fsp3) is 0.568. The largest absolute Gasteiger partial charge is 1.00 e. The minimum absolute atomic E-state index is 0. The third-order valence-electron chi connectivity index (χ3n) is 15.2. The van der Waals surface area contributed by atoms with E-state index < -0.39 is 0 Å². The minimum Gasteiger partial charge on any atom is -1.00 e. The average Bonchev–Trinajstić information content (AvgIpc) is 3.46. The van der Waals surface area contributed by atoms with Crippen LogP contribution in [0.4, 0.5) is 0 Å². The van der Waals surface area contributed by atoms with Crippen LogP contribution in [0.2, 0.25) is 3.63 Å². The van der Waals surface area contributed by atoms with Crippen molar-refractivity contribution < 1.29 is 49.5 Å². The van der Waals surface area contributed by atoms with Crippen molar-refractivity contribution in [2.75, 3.05) is 0 Å². The van der Waals surface area contributed by atoms with E-state index in [4.69, 9.17) is 0 Å². The summed E-state index contributed by atoms with van der Waals surface area (Å²) in [6.07, 6.45) is 29.5. The second kappa shape index (κ2) is 8.73. The van der Waals surface area contributed by atoms with Crippen LogP contribution in [0.3, 0.4) is 0 Å². The summed E-state index contributed by atoms with van der Waals surface area (Å²) in [7, 11) is 0. The first kappa shape index (κ1) is 30.8. The Labute approximate surface area is 271 Å². The Hall–Kier alpha value is -0.617. The van der Waals surface area contributed by atoms with Crippen LogP contribution in [-0.2, 0) is 24.7 Å². The zero-order chi connectivity index (χ0) is 27.3. The predicted molar refractivity (Wildman–Crippen MR) is 156 cm³/mol. The van der Waals surface area contributed by atoms with Crippen molar-refractivity contribution in [1.29, 1.82) is 0 Å². The Bertz CT molecular complexity index is 1440. The van der Waals surface area contributed by atoms with Gasteiger partial charge in [-0.25, -0.2) is 0 Å². The number of halogens is 2. The molecule has 0 bridgehead atoms. The van der Waals surface area contributed by atoms with Crippen LogP contribution in [0.25, 0.3) is 0 Å². The molecule has 0 aromatic rings. The van der Waals surface area contributed by atoms with Gasteiger partial charge in [-0.05, 0) is 0 Å². The van der Waals surface area contributed by atoms with E-state index in [9.17, 15) is 0 Å². The average molecular weight is 652 g/mol. The van der Waals surface area contributed by atoms with E-state index in [-0.39, 0.29) is 62.7 Å². The van der Waals surface area contributed by atoms with Crippen LogP contribution < -0.4 is 24.8 Å². The molecule has 3 fully saturated rings. The van der Waals surface area contributed by atoms with Crippen LogP contribution in [0.15, 0.2) is 94.7 Å². The van der Waals surface area contributed by atoms with Gasteiger partial charge in [0.1, 0.15) is 0 Å². The molecule has 211 valence electrons. The zero-order valence-electron chi connectivity index (χ0n) is 25.8. The summed E-state index contributed by atoms with van der Waals surface area (Å²) in [5.41, 5.74) is 8.79. The summed E-state index contributed by atoms with van der Waals surface area (Å²) in [5.74, 6) is 1.24. The number of rotatable bonds is 1. The molecular weight excluding hydrogens is 607 g/mol. The van der Waals surface area contributed by atoms with Gasteiger partial charge in [0.15, 0.2) is 0 Å². The summed E-state index contributed by atoms with van der Waals surface area (Å²) >= 11 is 1.71. The second-order valence-corrected chi connectivity index (χ2v) is 16.6. The molecule has 0 radical (unpaired) electrons. The topological polar surface area (TPSA) is 0 Å². The van der Waals surface area contributed by atoms with E-state index in [1.54, 1.807) is 52.6 Å². The fourth-order valence-electron chi connectivity index (χ4n) is 12.3. The molecule has 0 nitrogen and oxygen atoms in total. The summed E-state index contributed by atoms with van der Waals surface area (Å²) in [4.78, 5) is 0. The first-order valence-electron chi connectivity index (χ1n) is 15.0. The second-order valence-electron chi connectivity index (χ2n) is 15.1. The van der Waals surface area contributed by atoms with Crippen molar-refractivity contribution in [2.45, 2.75) is 78.8 Å². The van der Waals surface area contributed by atoms with Crippen LogP contribution in [0.1, 0.15) is 75.2 Å². The van der Waals surface area contributed by atoms with Gasteiger partial charge in [0.25, 0.3) is 0 Å². The maximum atomic E-state index is 2.76. The van der Waals surface area contributed by atoms with Gasteiger partial charge in [-0.3, -0.25) is 0 Å². The van der Waals surface area contributed by atoms with E-state index in [1.165, 1.54) is 6.42 Å². The molecule has 0 aliphatic heterocycles. The van der Waals surface area contributed by atoms with Crippen molar-refractivity contribution >= 4 is 0 Å². The molecule has 10 unspecified atom stereocenters. The number of fused-ring (bicyclic) bond motifs is 9. The summed E-state index contributed by atoms with van der Waals surface area (Å²) in [5, 5.41) is 0. The van der Waals surface area contributed by atoms with Crippen molar-refractivity contribution in [1.82, 2.24) is 0 Å². The Kier molecular flexibility index (Phi) is 6.73. The molecule has 7 rings (SSSR count). The smallest absolute Gasteiger partial charge is 1.00 e. The molecule has 3 heteroatoms. The zero-order valence-corrected chi connectivity index (χ0v) is 29.7. The first-order chi connectivity index (χ1) is 17.7. The SMILES string of the molecule is CC1=C2CC(C)C2=C(C2=CC=CC2)C2[CH]([Zr+2])C3(C)C4(C)C=CC=CC4(C)C4(C)C=CC=CC4(C)C3(C)C12C.[Cl-].[Cl-]. The van der Waals surface area contributed by atoms with E-state index in [1.807, 2.05) is 0 Å². The fourth-order valence-corrected chi connectivity index (χ4v) is 15.0. The van der Waals surface area contributed by atoms with Crippen LogP contribution in [-0.4, -0.2) is 0 Å². The first-order valence-corrected chi connectivity index (χ1v) is 16.4. The van der Waals surface area contributed by atoms with Crippen LogP contribution in [0, 0.1) is 49.7 Å². The summed E-state index contributed by atoms with van der Waals surface area (Å²) < 4.78 is 0.624. The molecule has 7 aliphatic carbocycles. The Balaban J connectivity index is 0.00000161. The summed E-state index contributed by atoms with van der Waals surface area (Å²) in [6, 6.07) is 0. The number of hydrogen-bond acceptors (Lipinski definition) is 0. The predicted octanol–water partition coefficient (Wildman–Crippen LogP) is 3.82. The van der Waals surface area contributed by atoms with E-state index in [2.05, 4.69) is 129 Å². The molecule has 40 heavy (non-hydrogen) atoms. The number of hydrogen-bond donors (Lipinski definition) is 0. The van der Waals surface area contributed by atoms with Gasteiger partial charge in [0.05, 0.1) is 0 Å². The van der Waals surface area contributed by atoms with E-state index >= 15 is 0 Å². The maximum Gasteiger partial charge on any atom is -1.00 e. The molecule has 0 saturated heterocycles. The number of allylic oxidation sites excluding steroid dienone is 16. The van der Waals surface area contributed by atoms with Crippen LogP contribution in [0.5, 0.6) is 0 Å². The van der Waals surface area contributed by atoms with Gasteiger partial charge >= 0.3 is 248 Å². The van der Waals surface area contributed by atoms with Gasteiger partial charge in [-0.2, -0.15) is 0 Å². The molecule has 0 aromatic heterocycles. The molecular formula is C37H45Cl2Zr. The Morgan fingerprint density at radius 3 is 1.77 bits per heavy atom. The standard InChI is InChI=1S/C37H45.2ClH.Zr/c1-24-22-27-25(2)36(8)28(30(29(24)27)26-16-10-11-17-26)23-35(7)33(5)20-13-12-18-31(33,3)32(4)19-14-15-21-34(32,6)37(35,36)9;;;/h10-16,18-21,23-24,28H,17,22H2,1-9H3;2*1H;/q;;;+2/p-2. The van der Waals surface area contributed by atoms with Crippen molar-refractivity contribution in [3.05, 3.63) is 94.7 Å². The minimum atomic E-state index is -0.0110. The van der Waals surface area contributed by atoms with E-state index in [0.717, 1.165) is 6.42 Å². The van der Waals surface area contributed by atoms with E-state index in [0.29, 0.717) is 15.5 Å². The molecule has 3 saturated carbocycles. The van der Waals surface area contributed by atoms with Crippen molar-refractivity contribution in [3.8, 4) is 0 Å². The van der Waals surface area contributed by atoms with Crippen molar-refractivity contribution in [2.24, 2.45) is 49.7 Å². The molecule has 10 atom stereocenters. The summed E-state index contributed by atoms with van der Waals surface area (Å²) in [6.45, 7) is 23.8.